The van der Waals surface area contributed by atoms with Gasteiger partial charge in [-0.25, -0.2) is 9.79 Å². The Bertz CT molecular complexity index is 1160. The normalized spacial score (nSPS) is 14.6. The highest BCUT2D eigenvalue weighted by molar-refractivity contribution is 14.1. The zero-order chi connectivity index (χ0) is 21.1. The van der Waals surface area contributed by atoms with Gasteiger partial charge in [-0.05, 0) is 95.1 Å². The number of halogens is 1. The zero-order valence-electron chi connectivity index (χ0n) is 16.7. The fourth-order valence-electron chi connectivity index (χ4n) is 3.06. The average Bonchev–Trinajstić information content (AvgIpc) is 3.11. The Morgan fingerprint density at radius 1 is 1.00 bits per heavy atom. The number of esters is 1. The summed E-state index contributed by atoms with van der Waals surface area (Å²) in [5.74, 6) is 0.665. The molecule has 30 heavy (non-hydrogen) atoms. The van der Waals surface area contributed by atoms with Crippen molar-refractivity contribution >= 4 is 40.5 Å². The molecule has 0 saturated heterocycles. The number of carbonyl (C=O) groups is 1. The minimum atomic E-state index is -0.443. The zero-order valence-corrected chi connectivity index (χ0v) is 18.8. The molecule has 0 amide bonds. The minimum Gasteiger partial charge on any atom is -0.489 e. The SMILES string of the molecule is Cc1cc(C2=N/C(=C\c3ccc(OCc4ccccc4C)cc3)C(=O)O2)ccc1I. The van der Waals surface area contributed by atoms with Crippen molar-refractivity contribution in [3.8, 4) is 5.75 Å². The highest BCUT2D eigenvalue weighted by Gasteiger charge is 2.24. The van der Waals surface area contributed by atoms with Gasteiger partial charge in [0.2, 0.25) is 5.90 Å². The van der Waals surface area contributed by atoms with Crippen molar-refractivity contribution in [1.82, 2.24) is 0 Å². The smallest absolute Gasteiger partial charge is 0.363 e. The molecular weight excluding hydrogens is 489 g/mol. The van der Waals surface area contributed by atoms with Crippen LogP contribution < -0.4 is 4.74 Å². The molecule has 1 heterocycles. The standard InChI is InChI=1S/C25H20INO3/c1-16-5-3-4-6-20(16)15-29-21-10-7-18(8-11-21)14-23-25(28)30-24(27-23)19-9-12-22(26)17(2)13-19/h3-14H,15H2,1-2H3/b23-14-. The number of rotatable bonds is 5. The molecule has 0 bridgehead atoms. The molecule has 4 rings (SSSR count). The van der Waals surface area contributed by atoms with E-state index in [1.807, 2.05) is 61.5 Å². The van der Waals surface area contributed by atoms with E-state index in [0.717, 1.165) is 31.6 Å². The van der Waals surface area contributed by atoms with E-state index >= 15 is 0 Å². The number of aliphatic imine (C=N–C) groups is 1. The van der Waals surface area contributed by atoms with E-state index in [1.165, 1.54) is 5.56 Å². The van der Waals surface area contributed by atoms with Gasteiger partial charge in [-0.15, -0.1) is 0 Å². The largest absolute Gasteiger partial charge is 0.489 e. The maximum Gasteiger partial charge on any atom is 0.363 e. The molecule has 1 aliphatic rings. The summed E-state index contributed by atoms with van der Waals surface area (Å²) in [5.41, 5.74) is 5.42. The summed E-state index contributed by atoms with van der Waals surface area (Å²) in [7, 11) is 0. The third-order valence-electron chi connectivity index (χ3n) is 4.86. The summed E-state index contributed by atoms with van der Waals surface area (Å²) in [6.07, 6.45) is 1.72. The first kappa shape index (κ1) is 20.3. The van der Waals surface area contributed by atoms with Crippen molar-refractivity contribution < 1.29 is 14.3 Å². The number of hydrogen-bond acceptors (Lipinski definition) is 4. The van der Waals surface area contributed by atoms with Gasteiger partial charge in [-0.3, -0.25) is 0 Å². The second-order valence-electron chi connectivity index (χ2n) is 7.08. The van der Waals surface area contributed by atoms with Crippen LogP contribution in [0.2, 0.25) is 0 Å². The Kier molecular flexibility index (Phi) is 5.99. The highest BCUT2D eigenvalue weighted by Crippen LogP contribution is 2.23. The van der Waals surface area contributed by atoms with Crippen LogP contribution in [0.4, 0.5) is 0 Å². The van der Waals surface area contributed by atoms with Gasteiger partial charge < -0.3 is 9.47 Å². The lowest BCUT2D eigenvalue weighted by atomic mass is 10.1. The molecule has 150 valence electrons. The molecule has 3 aromatic rings. The Morgan fingerprint density at radius 3 is 2.50 bits per heavy atom. The van der Waals surface area contributed by atoms with Gasteiger partial charge in [-0.2, -0.15) is 0 Å². The van der Waals surface area contributed by atoms with E-state index in [1.54, 1.807) is 6.08 Å². The van der Waals surface area contributed by atoms with Crippen molar-refractivity contribution in [2.45, 2.75) is 20.5 Å². The molecule has 5 heteroatoms. The third kappa shape index (κ3) is 4.62. The molecule has 3 aromatic carbocycles. The number of aryl methyl sites for hydroxylation is 2. The number of carbonyl (C=O) groups excluding carboxylic acids is 1. The van der Waals surface area contributed by atoms with Crippen LogP contribution in [0.1, 0.15) is 27.8 Å². The Morgan fingerprint density at radius 2 is 1.77 bits per heavy atom. The first-order valence-electron chi connectivity index (χ1n) is 9.56. The van der Waals surface area contributed by atoms with Crippen molar-refractivity contribution in [1.29, 1.82) is 0 Å². The van der Waals surface area contributed by atoms with Crippen molar-refractivity contribution in [2.75, 3.05) is 0 Å². The van der Waals surface area contributed by atoms with E-state index in [-0.39, 0.29) is 5.70 Å². The van der Waals surface area contributed by atoms with E-state index < -0.39 is 5.97 Å². The van der Waals surface area contributed by atoms with Gasteiger partial charge in [0.1, 0.15) is 12.4 Å². The highest BCUT2D eigenvalue weighted by atomic mass is 127. The second kappa shape index (κ2) is 8.83. The molecule has 1 aliphatic heterocycles. The molecule has 0 radical (unpaired) electrons. The van der Waals surface area contributed by atoms with Crippen LogP contribution in [0, 0.1) is 17.4 Å². The second-order valence-corrected chi connectivity index (χ2v) is 8.25. The van der Waals surface area contributed by atoms with E-state index in [0.29, 0.717) is 12.5 Å². The van der Waals surface area contributed by atoms with Gasteiger partial charge in [0.25, 0.3) is 0 Å². The lowest BCUT2D eigenvalue weighted by Crippen LogP contribution is -2.05. The minimum absolute atomic E-state index is 0.287. The predicted molar refractivity (Wildman–Crippen MR) is 126 cm³/mol. The molecule has 0 fully saturated rings. The summed E-state index contributed by atoms with van der Waals surface area (Å²) >= 11 is 2.27. The van der Waals surface area contributed by atoms with E-state index in [9.17, 15) is 4.79 Å². The van der Waals surface area contributed by atoms with Crippen LogP contribution >= 0.6 is 22.6 Å². The van der Waals surface area contributed by atoms with Crippen LogP contribution in [0.15, 0.2) is 77.4 Å². The van der Waals surface area contributed by atoms with E-state index in [2.05, 4.69) is 46.6 Å². The van der Waals surface area contributed by atoms with Gasteiger partial charge in [-0.1, -0.05) is 36.4 Å². The monoisotopic (exact) mass is 509 g/mol. The Balaban J connectivity index is 1.47. The van der Waals surface area contributed by atoms with Crippen LogP contribution in [0.5, 0.6) is 5.75 Å². The summed E-state index contributed by atoms with van der Waals surface area (Å²) in [6.45, 7) is 4.60. The summed E-state index contributed by atoms with van der Waals surface area (Å²) in [6, 6.07) is 21.6. The van der Waals surface area contributed by atoms with Gasteiger partial charge in [0, 0.05) is 9.13 Å². The van der Waals surface area contributed by atoms with Crippen LogP contribution in [-0.4, -0.2) is 11.9 Å². The summed E-state index contributed by atoms with van der Waals surface area (Å²) in [4.78, 5) is 16.6. The van der Waals surface area contributed by atoms with Gasteiger partial charge in [0.15, 0.2) is 5.70 Å². The first-order chi connectivity index (χ1) is 14.5. The number of cyclic esters (lactones) is 1. The van der Waals surface area contributed by atoms with Crippen LogP contribution in [-0.2, 0) is 16.1 Å². The number of nitrogens with zero attached hydrogens (tertiary/aromatic N) is 1. The molecular formula is C25H20INO3. The molecule has 0 unspecified atom stereocenters. The van der Waals surface area contributed by atoms with Crippen molar-refractivity contribution in [3.05, 3.63) is 104 Å². The molecule has 0 N–H and O–H groups in total. The topological polar surface area (TPSA) is 47.9 Å². The predicted octanol–water partition coefficient (Wildman–Crippen LogP) is 5.83. The van der Waals surface area contributed by atoms with Crippen molar-refractivity contribution in [3.63, 3.8) is 0 Å². The first-order valence-corrected chi connectivity index (χ1v) is 10.6. The van der Waals surface area contributed by atoms with Crippen LogP contribution in [0.3, 0.4) is 0 Å². The third-order valence-corrected chi connectivity index (χ3v) is 6.07. The summed E-state index contributed by atoms with van der Waals surface area (Å²) in [5, 5.41) is 0. The quantitative estimate of drug-likeness (QED) is 0.247. The molecule has 0 aromatic heterocycles. The molecule has 4 nitrogen and oxygen atoms in total. The average molecular weight is 509 g/mol. The van der Waals surface area contributed by atoms with Gasteiger partial charge in [0.05, 0.1) is 0 Å². The lowest BCUT2D eigenvalue weighted by Gasteiger charge is -2.08. The molecule has 0 spiro atoms. The lowest BCUT2D eigenvalue weighted by molar-refractivity contribution is -0.129. The summed E-state index contributed by atoms with van der Waals surface area (Å²) < 4.78 is 12.4. The maximum absolute atomic E-state index is 12.2. The Hall–Kier alpha value is -2.93. The molecule has 0 atom stereocenters. The van der Waals surface area contributed by atoms with Crippen molar-refractivity contribution in [2.24, 2.45) is 4.99 Å². The number of benzene rings is 3. The fourth-order valence-corrected chi connectivity index (χ4v) is 3.40. The van der Waals surface area contributed by atoms with E-state index in [4.69, 9.17) is 9.47 Å². The number of ether oxygens (including phenoxy) is 2. The molecule has 0 aliphatic carbocycles. The Labute approximate surface area is 189 Å². The fraction of sp³-hybridized carbons (Fsp3) is 0.120. The van der Waals surface area contributed by atoms with Crippen LogP contribution in [0.25, 0.3) is 6.08 Å². The van der Waals surface area contributed by atoms with Gasteiger partial charge >= 0.3 is 5.97 Å². The molecule has 0 saturated carbocycles. The maximum atomic E-state index is 12.2. The number of hydrogen-bond donors (Lipinski definition) is 0.